The number of carboxylic acid groups (broad SMARTS) is 1. The van der Waals surface area contributed by atoms with Gasteiger partial charge in [-0.25, -0.2) is 19.8 Å². The van der Waals surface area contributed by atoms with Gasteiger partial charge in [0.25, 0.3) is 0 Å². The molecule has 1 aromatic heterocycles. The summed E-state index contributed by atoms with van der Waals surface area (Å²) in [5.74, 6) is -1.91. The third-order valence-corrected chi connectivity index (χ3v) is 7.37. The molecule has 3 aliphatic rings. The number of anilines is 1. The van der Waals surface area contributed by atoms with Gasteiger partial charge in [0.05, 0.1) is 24.1 Å². The number of aromatic nitrogens is 2. The van der Waals surface area contributed by atoms with Crippen LogP contribution in [0, 0.1) is 11.8 Å². The molecule has 2 saturated heterocycles. The molecule has 30 heavy (non-hydrogen) atoms. The van der Waals surface area contributed by atoms with Gasteiger partial charge in [-0.15, -0.1) is 11.8 Å². The van der Waals surface area contributed by atoms with E-state index < -0.39 is 24.0 Å². The predicted molar refractivity (Wildman–Crippen MR) is 108 cm³/mol. The molecule has 11 heteroatoms. The van der Waals surface area contributed by atoms with E-state index in [0.29, 0.717) is 23.8 Å². The Bertz CT molecular complexity index is 895. The zero-order valence-corrected chi connectivity index (χ0v) is 17.3. The summed E-state index contributed by atoms with van der Waals surface area (Å²) in [4.78, 5) is 46.1. The zero-order valence-electron chi connectivity index (χ0n) is 16.5. The predicted octanol–water partition coefficient (Wildman–Crippen LogP) is 0.332. The molecule has 6 atom stereocenters. The van der Waals surface area contributed by atoms with Crippen LogP contribution in [0.4, 0.5) is 5.95 Å². The summed E-state index contributed by atoms with van der Waals surface area (Å²) in [6.07, 6.45) is 3.73. The quantitative estimate of drug-likeness (QED) is 0.408. The number of nitrogens with one attached hydrogen (secondary N) is 1. The number of thioether (sulfide) groups is 1. The number of aldehydes is 1. The fourth-order valence-electron chi connectivity index (χ4n) is 4.51. The Labute approximate surface area is 177 Å². The minimum absolute atomic E-state index is 0.000134. The van der Waals surface area contributed by atoms with E-state index in [0.717, 1.165) is 6.29 Å². The van der Waals surface area contributed by atoms with Crippen LogP contribution in [0.2, 0.25) is 0 Å². The maximum absolute atomic E-state index is 12.5. The number of fused-ring (bicyclic) bond motifs is 1. The molecule has 2 unspecified atom stereocenters. The summed E-state index contributed by atoms with van der Waals surface area (Å²) in [6, 6.07) is 0.944. The molecule has 4 rings (SSSR count). The van der Waals surface area contributed by atoms with Crippen molar-refractivity contribution >= 4 is 35.9 Å². The molecule has 0 aromatic carbocycles. The van der Waals surface area contributed by atoms with Crippen molar-refractivity contribution in [3.8, 4) is 0 Å². The number of carbonyl (C=O) groups excluding carboxylic acids is 2. The summed E-state index contributed by atoms with van der Waals surface area (Å²) in [5.41, 5.74) is 3.04. The van der Waals surface area contributed by atoms with Crippen molar-refractivity contribution in [3.63, 3.8) is 0 Å². The third kappa shape index (κ3) is 3.36. The Morgan fingerprint density at radius 2 is 2.10 bits per heavy atom. The van der Waals surface area contributed by atoms with Crippen LogP contribution in [-0.2, 0) is 14.4 Å². The van der Waals surface area contributed by atoms with Gasteiger partial charge in [0, 0.05) is 35.0 Å². The number of aliphatic carboxylic acids is 1. The van der Waals surface area contributed by atoms with Gasteiger partial charge >= 0.3 is 5.97 Å². The SMILES string of the molecule is C[C@@H]1C(SC2C[C@@H](C=O)N(Nc3ncccn3)C2)=C(C(=O)O)N2C(=O)C([C@@H](C)O)[C@@H]12. The Kier molecular flexibility index (Phi) is 5.51. The van der Waals surface area contributed by atoms with Crippen molar-refractivity contribution in [2.45, 2.75) is 43.7 Å². The second kappa shape index (κ2) is 7.97. The van der Waals surface area contributed by atoms with Gasteiger partial charge in [-0.2, -0.15) is 0 Å². The number of aliphatic hydroxyl groups excluding tert-OH is 1. The van der Waals surface area contributed by atoms with E-state index in [2.05, 4.69) is 15.4 Å². The summed E-state index contributed by atoms with van der Waals surface area (Å²) in [7, 11) is 0. The molecule has 160 valence electrons. The van der Waals surface area contributed by atoms with Crippen molar-refractivity contribution < 1.29 is 24.6 Å². The van der Waals surface area contributed by atoms with Crippen molar-refractivity contribution in [1.82, 2.24) is 19.9 Å². The molecule has 0 radical (unpaired) electrons. The molecule has 3 N–H and O–H groups in total. The van der Waals surface area contributed by atoms with Crippen LogP contribution >= 0.6 is 11.8 Å². The highest BCUT2D eigenvalue weighted by atomic mass is 32.2. The molecule has 1 aromatic rings. The zero-order chi connectivity index (χ0) is 21.6. The fraction of sp³-hybridized carbons (Fsp3) is 0.526. The van der Waals surface area contributed by atoms with E-state index in [1.54, 1.807) is 30.4 Å². The number of carboxylic acids is 1. The number of hydrazine groups is 1. The minimum Gasteiger partial charge on any atom is -0.477 e. The number of β-lactam (4-membered cyclic amide) rings is 1. The number of hydrogen-bond donors (Lipinski definition) is 3. The third-order valence-electron chi connectivity index (χ3n) is 5.88. The minimum atomic E-state index is -1.15. The molecule has 0 spiro atoms. The number of hydrogen-bond acceptors (Lipinski definition) is 9. The van der Waals surface area contributed by atoms with Crippen LogP contribution in [0.15, 0.2) is 29.1 Å². The van der Waals surface area contributed by atoms with E-state index in [4.69, 9.17) is 0 Å². The monoisotopic (exact) mass is 433 g/mol. The van der Waals surface area contributed by atoms with Crippen LogP contribution < -0.4 is 5.43 Å². The van der Waals surface area contributed by atoms with E-state index in [9.17, 15) is 24.6 Å². The van der Waals surface area contributed by atoms with Gasteiger partial charge in [0.1, 0.15) is 12.0 Å². The van der Waals surface area contributed by atoms with E-state index in [-0.39, 0.29) is 28.8 Å². The average molecular weight is 433 g/mol. The summed E-state index contributed by atoms with van der Waals surface area (Å²) in [6.45, 7) is 3.92. The first kappa shape index (κ1) is 20.8. The molecule has 2 fully saturated rings. The maximum Gasteiger partial charge on any atom is 0.353 e. The van der Waals surface area contributed by atoms with Crippen molar-refractivity contribution in [2.24, 2.45) is 11.8 Å². The smallest absolute Gasteiger partial charge is 0.353 e. The lowest BCUT2D eigenvalue weighted by atomic mass is 9.79. The molecule has 1 amide bonds. The molecule has 0 bridgehead atoms. The van der Waals surface area contributed by atoms with E-state index in [1.807, 2.05) is 6.92 Å². The van der Waals surface area contributed by atoms with E-state index >= 15 is 0 Å². The number of nitrogens with zero attached hydrogens (tertiary/aromatic N) is 4. The second-order valence-electron chi connectivity index (χ2n) is 7.79. The molecule has 10 nitrogen and oxygen atoms in total. The second-order valence-corrected chi connectivity index (χ2v) is 9.13. The lowest BCUT2D eigenvalue weighted by Gasteiger charge is -2.46. The first-order valence-electron chi connectivity index (χ1n) is 9.74. The van der Waals surface area contributed by atoms with Gasteiger partial charge in [-0.3, -0.25) is 10.2 Å². The van der Waals surface area contributed by atoms with Crippen molar-refractivity contribution in [2.75, 3.05) is 12.0 Å². The van der Waals surface area contributed by atoms with Gasteiger partial charge in [-0.1, -0.05) is 6.92 Å². The molecular formula is C19H23N5O5S. The van der Waals surface area contributed by atoms with Crippen LogP contribution in [0.25, 0.3) is 0 Å². The lowest BCUT2D eigenvalue weighted by molar-refractivity contribution is -0.163. The highest BCUT2D eigenvalue weighted by Gasteiger charge is 2.60. The highest BCUT2D eigenvalue weighted by molar-refractivity contribution is 8.03. The Morgan fingerprint density at radius 1 is 1.40 bits per heavy atom. The first-order chi connectivity index (χ1) is 14.3. The van der Waals surface area contributed by atoms with Crippen LogP contribution in [-0.4, -0.2) is 78.2 Å². The van der Waals surface area contributed by atoms with Gasteiger partial charge in [-0.05, 0) is 19.4 Å². The highest BCUT2D eigenvalue weighted by Crippen LogP contribution is 2.52. The molecule has 0 aliphatic carbocycles. The normalized spacial score (nSPS) is 32.0. The summed E-state index contributed by atoms with van der Waals surface area (Å²) < 4.78 is 0. The van der Waals surface area contributed by atoms with Gasteiger partial charge in [0.2, 0.25) is 11.9 Å². The standard InChI is InChI=1S/C19H23N5O5S/c1-9-14-13(10(2)26)17(27)24(14)15(18(28)29)16(9)30-12-6-11(8-25)23(7-12)22-19-20-4-3-5-21-19/h3-5,8-14,26H,6-7H2,1-2H3,(H,28,29)(H,20,21,22)/t9-,10+,11-,12?,13?,14+/m0/s1. The summed E-state index contributed by atoms with van der Waals surface area (Å²) in [5, 5.41) is 21.4. The number of carbonyl (C=O) groups is 3. The van der Waals surface area contributed by atoms with Crippen LogP contribution in [0.5, 0.6) is 0 Å². The lowest BCUT2D eigenvalue weighted by Crippen LogP contribution is -2.63. The molecular weight excluding hydrogens is 410 g/mol. The molecule has 3 aliphatic heterocycles. The van der Waals surface area contributed by atoms with Crippen molar-refractivity contribution in [3.05, 3.63) is 29.1 Å². The Morgan fingerprint density at radius 3 is 2.70 bits per heavy atom. The Balaban J connectivity index is 1.52. The van der Waals surface area contributed by atoms with Crippen molar-refractivity contribution in [1.29, 1.82) is 0 Å². The van der Waals surface area contributed by atoms with E-state index in [1.165, 1.54) is 16.7 Å². The van der Waals surface area contributed by atoms with Crippen LogP contribution in [0.3, 0.4) is 0 Å². The Hall–Kier alpha value is -2.50. The average Bonchev–Trinajstić information content (AvgIpc) is 3.19. The maximum atomic E-state index is 12.5. The number of rotatable bonds is 7. The molecule has 4 heterocycles. The first-order valence-corrected chi connectivity index (χ1v) is 10.6. The van der Waals surface area contributed by atoms with Crippen LogP contribution in [0.1, 0.15) is 20.3 Å². The van der Waals surface area contributed by atoms with Gasteiger partial charge < -0.3 is 19.9 Å². The number of amides is 1. The molecule has 0 saturated carbocycles. The summed E-state index contributed by atoms with van der Waals surface area (Å²) >= 11 is 1.40. The largest absolute Gasteiger partial charge is 0.477 e. The van der Waals surface area contributed by atoms with Gasteiger partial charge in [0.15, 0.2) is 0 Å². The topological polar surface area (TPSA) is 136 Å². The fourth-order valence-corrected chi connectivity index (χ4v) is 6.05. The number of aliphatic hydroxyl groups is 1.